The molecule has 0 bridgehead atoms. The summed E-state index contributed by atoms with van der Waals surface area (Å²) in [6.07, 6.45) is -2.52. The molecule has 3 atom stereocenters. The third kappa shape index (κ3) is 1.24. The Balaban J connectivity index is 2.07. The van der Waals surface area contributed by atoms with E-state index in [2.05, 4.69) is 0 Å². The van der Waals surface area contributed by atoms with Crippen LogP contribution < -0.4 is 0 Å². The Bertz CT molecular complexity index is 546. The number of carboxylic acid groups (broad SMARTS) is 2. The number of amides is 3. The van der Waals surface area contributed by atoms with Crippen LogP contribution in [0.4, 0.5) is 9.59 Å². The lowest BCUT2D eigenvalue weighted by Crippen LogP contribution is -2.82. The minimum absolute atomic E-state index is 0.0678. The van der Waals surface area contributed by atoms with Crippen LogP contribution in [0.15, 0.2) is 10.5 Å². The summed E-state index contributed by atoms with van der Waals surface area (Å²) in [6, 6.07) is -1.63. The molecule has 0 radical (unpaired) electrons. The molecule has 9 heteroatoms. The minimum atomic E-state index is -1.29. The van der Waals surface area contributed by atoms with Gasteiger partial charge in [-0.15, -0.1) is 16.2 Å². The van der Waals surface area contributed by atoms with Gasteiger partial charge >= 0.3 is 18.1 Å². The van der Waals surface area contributed by atoms with E-state index in [1.807, 2.05) is 0 Å². The van der Waals surface area contributed by atoms with Crippen molar-refractivity contribution in [2.24, 2.45) is 0 Å². The summed E-state index contributed by atoms with van der Waals surface area (Å²) < 4.78 is -0.799. The van der Waals surface area contributed by atoms with Crippen LogP contribution in [0.5, 0.6) is 0 Å². The summed E-state index contributed by atoms with van der Waals surface area (Å²) in [5, 5.41) is 27.7. The van der Waals surface area contributed by atoms with Crippen LogP contribution in [0.25, 0.3) is 0 Å². The zero-order chi connectivity index (χ0) is 13.9. The molecule has 0 aromatic heterocycles. The Kier molecular flexibility index (Phi) is 2.43. The highest BCUT2D eigenvalue weighted by Crippen LogP contribution is 2.52. The molecule has 1 unspecified atom stereocenters. The van der Waals surface area contributed by atoms with E-state index in [4.69, 9.17) is 5.11 Å². The van der Waals surface area contributed by atoms with E-state index >= 15 is 0 Å². The number of carbonyl (C=O) groups is 3. The van der Waals surface area contributed by atoms with Crippen molar-refractivity contribution in [1.29, 1.82) is 0 Å². The predicted octanol–water partition coefficient (Wildman–Crippen LogP) is -0.297. The van der Waals surface area contributed by atoms with Gasteiger partial charge in [-0.1, -0.05) is 0 Å². The first-order chi connectivity index (χ1) is 8.95. The van der Waals surface area contributed by atoms with Gasteiger partial charge in [0.15, 0.2) is 6.04 Å². The molecule has 19 heavy (non-hydrogen) atoms. The zero-order valence-electron chi connectivity index (χ0n) is 9.65. The van der Waals surface area contributed by atoms with Crippen LogP contribution in [0.1, 0.15) is 0 Å². The number of imide groups is 1. The van der Waals surface area contributed by atoms with Gasteiger partial charge in [-0.05, 0) is 0 Å². The second kappa shape index (κ2) is 3.71. The molecule has 3 N–H and O–H groups in total. The smallest absolute Gasteiger partial charge is 0.465 e. The molecule has 3 rings (SSSR count). The van der Waals surface area contributed by atoms with Crippen molar-refractivity contribution in [3.05, 3.63) is 10.5 Å². The Morgan fingerprint density at radius 1 is 1.42 bits per heavy atom. The van der Waals surface area contributed by atoms with Crippen LogP contribution in [0.3, 0.4) is 0 Å². The van der Waals surface area contributed by atoms with E-state index in [1.54, 1.807) is 0 Å². The summed E-state index contributed by atoms with van der Waals surface area (Å²) in [7, 11) is 0. The summed E-state index contributed by atoms with van der Waals surface area (Å²) >= 11 is 1.19. The van der Waals surface area contributed by atoms with Gasteiger partial charge in [0.1, 0.15) is 6.54 Å². The number of rotatable bonds is 1. The third-order valence-corrected chi connectivity index (χ3v) is 5.20. The molecule has 0 aliphatic carbocycles. The molecule has 8 nitrogen and oxygen atoms in total. The van der Waals surface area contributed by atoms with E-state index in [0.717, 1.165) is 4.90 Å². The molecule has 3 heterocycles. The molecule has 102 valence electrons. The average Bonchev–Trinajstić information content (AvgIpc) is 2.70. The zero-order valence-corrected chi connectivity index (χ0v) is 10.5. The van der Waals surface area contributed by atoms with Gasteiger partial charge in [-0.2, -0.15) is 4.79 Å². The lowest BCUT2D eigenvalue weighted by Gasteiger charge is -2.51. The number of hydrogen-bond donors (Lipinski definition) is 3. The summed E-state index contributed by atoms with van der Waals surface area (Å²) in [5.74, 6) is -0.540. The first kappa shape index (κ1) is 12.5. The molecule has 2 saturated heterocycles. The Morgan fingerprint density at radius 3 is 2.63 bits per heavy atom. The van der Waals surface area contributed by atoms with Gasteiger partial charge in [0.25, 0.3) is 0 Å². The van der Waals surface area contributed by atoms with Crippen molar-refractivity contribution in [3.8, 4) is 0 Å². The highest BCUT2D eigenvalue weighted by molar-refractivity contribution is 8.03. The number of nitrogens with zero attached hydrogens (tertiary/aromatic N) is 2. The van der Waals surface area contributed by atoms with Crippen LogP contribution >= 0.6 is 11.8 Å². The average molecular weight is 287 g/mol. The van der Waals surface area contributed by atoms with Gasteiger partial charge in [0.2, 0.25) is 6.04 Å². The Hall–Kier alpha value is -1.58. The standard InChI is InChI=1S/C10H10N2O6S/c13-2-4-1-12(10(17)18)6-5(8(12)14)11(9(15)16)3-19-7(4)6/h5-6,13H,1-3H2,(H-,15,16,17,18)/p+1/t5-,6-,12?/m0/s1. The van der Waals surface area contributed by atoms with Gasteiger partial charge in [0.05, 0.1) is 17.4 Å². The maximum Gasteiger partial charge on any atom is 0.522 e. The Morgan fingerprint density at radius 2 is 2.11 bits per heavy atom. The van der Waals surface area contributed by atoms with Gasteiger partial charge in [-0.25, -0.2) is 9.59 Å². The van der Waals surface area contributed by atoms with Crippen LogP contribution in [0, 0.1) is 0 Å². The topological polar surface area (TPSA) is 115 Å². The molecule has 2 fully saturated rings. The molecular weight excluding hydrogens is 276 g/mol. The predicted molar refractivity (Wildman–Crippen MR) is 62.2 cm³/mol. The van der Waals surface area contributed by atoms with Crippen LogP contribution in [0.2, 0.25) is 0 Å². The van der Waals surface area contributed by atoms with Gasteiger partial charge in [0, 0.05) is 5.57 Å². The normalized spacial score (nSPS) is 36.1. The molecular formula is C10H11N2O6S+. The fourth-order valence-electron chi connectivity index (χ4n) is 3.07. The fraction of sp³-hybridized carbons (Fsp3) is 0.500. The lowest BCUT2D eigenvalue weighted by molar-refractivity contribution is -0.825. The van der Waals surface area contributed by atoms with Crippen molar-refractivity contribution in [2.45, 2.75) is 12.1 Å². The number of aliphatic hydroxyl groups excluding tert-OH is 1. The number of β-lactam (4-membered cyclic amide) rings is 1. The van der Waals surface area contributed by atoms with Crippen molar-refractivity contribution >= 4 is 29.9 Å². The summed E-state index contributed by atoms with van der Waals surface area (Å²) in [5.41, 5.74) is 0.526. The molecule has 3 aliphatic heterocycles. The fourth-order valence-corrected chi connectivity index (χ4v) is 4.43. The van der Waals surface area contributed by atoms with Gasteiger partial charge < -0.3 is 15.3 Å². The van der Waals surface area contributed by atoms with E-state index in [9.17, 15) is 24.6 Å². The molecule has 0 saturated carbocycles. The second-order valence-electron chi connectivity index (χ2n) is 4.69. The van der Waals surface area contributed by atoms with E-state index in [1.165, 1.54) is 11.8 Å². The third-order valence-electron chi connectivity index (χ3n) is 3.95. The number of aliphatic hydroxyl groups is 1. The maximum atomic E-state index is 12.2. The molecule has 3 amide bonds. The molecule has 0 aromatic rings. The Labute approximate surface area is 111 Å². The van der Waals surface area contributed by atoms with Crippen molar-refractivity contribution < 1.29 is 34.2 Å². The van der Waals surface area contributed by atoms with Crippen molar-refractivity contribution in [3.63, 3.8) is 0 Å². The number of carbonyl (C=O) groups excluding carboxylic acids is 1. The van der Waals surface area contributed by atoms with E-state index < -0.39 is 34.7 Å². The van der Waals surface area contributed by atoms with E-state index in [0.29, 0.717) is 10.5 Å². The monoisotopic (exact) mass is 287 g/mol. The number of quaternary nitrogens is 1. The van der Waals surface area contributed by atoms with E-state index in [-0.39, 0.29) is 19.0 Å². The van der Waals surface area contributed by atoms with Gasteiger partial charge in [-0.3, -0.25) is 4.90 Å². The quantitative estimate of drug-likeness (QED) is 0.448. The number of thioether (sulfide) groups is 1. The minimum Gasteiger partial charge on any atom is -0.465 e. The van der Waals surface area contributed by atoms with Crippen LogP contribution in [-0.4, -0.2) is 73.9 Å². The molecule has 3 aliphatic rings. The molecule has 0 spiro atoms. The largest absolute Gasteiger partial charge is 0.522 e. The lowest BCUT2D eigenvalue weighted by atomic mass is 9.92. The SMILES string of the molecule is O=C(O)N1CSC2=C(CO)C[N+]3(C(=O)O)C(=O)[C@@H]1[C@@H]23. The summed E-state index contributed by atoms with van der Waals surface area (Å²) in [4.78, 5) is 36.3. The first-order valence-electron chi connectivity index (χ1n) is 5.56. The van der Waals surface area contributed by atoms with Crippen molar-refractivity contribution in [1.82, 2.24) is 4.90 Å². The highest BCUT2D eigenvalue weighted by atomic mass is 32.2. The second-order valence-corrected chi connectivity index (χ2v) is 5.68. The number of hydrogen-bond acceptors (Lipinski definition) is 5. The van der Waals surface area contributed by atoms with Crippen molar-refractivity contribution in [2.75, 3.05) is 19.0 Å². The first-order valence-corrected chi connectivity index (χ1v) is 6.54. The highest BCUT2D eigenvalue weighted by Gasteiger charge is 2.77. The molecule has 0 aromatic carbocycles. The maximum absolute atomic E-state index is 12.2. The van der Waals surface area contributed by atoms with Crippen LogP contribution in [-0.2, 0) is 4.79 Å². The summed E-state index contributed by atoms with van der Waals surface area (Å²) in [6.45, 7) is -0.374.